The quantitative estimate of drug-likeness (QED) is 0.919. The number of nitrogens with zero attached hydrogens (tertiary/aromatic N) is 2. The van der Waals surface area contributed by atoms with Gasteiger partial charge in [-0.15, -0.1) is 0 Å². The third-order valence-corrected chi connectivity index (χ3v) is 5.78. The third-order valence-electron chi connectivity index (χ3n) is 4.00. The van der Waals surface area contributed by atoms with Crippen molar-refractivity contribution in [3.63, 3.8) is 0 Å². The number of sulfonamides is 1. The number of para-hydroxylation sites is 1. The van der Waals surface area contributed by atoms with Crippen molar-refractivity contribution in [3.8, 4) is 6.07 Å². The minimum Gasteiger partial charge on any atom is -0.481 e. The number of aliphatic carboxylic acids is 1. The van der Waals surface area contributed by atoms with Gasteiger partial charge in [0, 0.05) is 12.5 Å². The van der Waals surface area contributed by atoms with E-state index < -0.39 is 21.9 Å². The second-order valence-electron chi connectivity index (χ2n) is 5.53. The largest absolute Gasteiger partial charge is 0.481 e. The highest BCUT2D eigenvalue weighted by Crippen LogP contribution is 2.40. The van der Waals surface area contributed by atoms with Crippen molar-refractivity contribution in [1.82, 2.24) is 0 Å². The van der Waals surface area contributed by atoms with E-state index >= 15 is 0 Å². The van der Waals surface area contributed by atoms with Gasteiger partial charge in [-0.1, -0.05) is 24.3 Å². The first-order valence-corrected chi connectivity index (χ1v) is 8.71. The van der Waals surface area contributed by atoms with Crippen LogP contribution in [0, 0.1) is 11.3 Å². The molecule has 0 bridgehead atoms. The van der Waals surface area contributed by atoms with Crippen LogP contribution in [0.5, 0.6) is 0 Å². The highest BCUT2D eigenvalue weighted by atomic mass is 32.2. The Balaban J connectivity index is 2.06. The van der Waals surface area contributed by atoms with Crippen molar-refractivity contribution >= 4 is 21.7 Å². The minimum absolute atomic E-state index is 0.0207. The maximum atomic E-state index is 13.0. The zero-order valence-corrected chi connectivity index (χ0v) is 13.4. The molecule has 0 aromatic heterocycles. The van der Waals surface area contributed by atoms with Gasteiger partial charge in [0.25, 0.3) is 10.0 Å². The van der Waals surface area contributed by atoms with Crippen LogP contribution in [0.1, 0.15) is 23.5 Å². The molecule has 0 amide bonds. The van der Waals surface area contributed by atoms with E-state index in [2.05, 4.69) is 0 Å². The highest BCUT2D eigenvalue weighted by molar-refractivity contribution is 7.92. The highest BCUT2D eigenvalue weighted by Gasteiger charge is 2.37. The summed E-state index contributed by atoms with van der Waals surface area (Å²) >= 11 is 0. The molecule has 0 radical (unpaired) electrons. The van der Waals surface area contributed by atoms with Crippen LogP contribution in [0.15, 0.2) is 53.4 Å². The lowest BCUT2D eigenvalue weighted by Gasteiger charge is -2.20. The lowest BCUT2D eigenvalue weighted by atomic mass is 9.98. The van der Waals surface area contributed by atoms with Crippen molar-refractivity contribution in [2.45, 2.75) is 17.2 Å². The van der Waals surface area contributed by atoms with Crippen molar-refractivity contribution < 1.29 is 18.3 Å². The summed E-state index contributed by atoms with van der Waals surface area (Å²) in [5, 5.41) is 18.0. The molecular formula is C17H14N2O4S. The first kappa shape index (κ1) is 16.0. The van der Waals surface area contributed by atoms with E-state index in [-0.39, 0.29) is 23.4 Å². The SMILES string of the molecule is N#Cc1cccc(S(=O)(=O)N2C[C@H](CC(=O)O)c3ccccc32)c1. The molecule has 122 valence electrons. The molecular weight excluding hydrogens is 328 g/mol. The zero-order chi connectivity index (χ0) is 17.3. The van der Waals surface area contributed by atoms with Gasteiger partial charge in [0.05, 0.1) is 28.6 Å². The first-order valence-electron chi connectivity index (χ1n) is 7.27. The van der Waals surface area contributed by atoms with Crippen LogP contribution in [0.25, 0.3) is 0 Å². The lowest BCUT2D eigenvalue weighted by molar-refractivity contribution is -0.137. The summed E-state index contributed by atoms with van der Waals surface area (Å²) in [5.74, 6) is -1.37. The fraction of sp³-hybridized carbons (Fsp3) is 0.176. The Labute approximate surface area is 139 Å². The van der Waals surface area contributed by atoms with Gasteiger partial charge in [-0.3, -0.25) is 9.10 Å². The molecule has 1 atom stereocenters. The molecule has 24 heavy (non-hydrogen) atoms. The third kappa shape index (κ3) is 2.72. The average Bonchev–Trinajstić information content (AvgIpc) is 2.94. The predicted molar refractivity (Wildman–Crippen MR) is 87.1 cm³/mol. The number of fused-ring (bicyclic) bond motifs is 1. The summed E-state index contributed by atoms with van der Waals surface area (Å²) < 4.78 is 27.2. The molecule has 0 aliphatic carbocycles. The number of anilines is 1. The normalized spacial score (nSPS) is 16.5. The Hall–Kier alpha value is -2.85. The number of hydrogen-bond acceptors (Lipinski definition) is 4. The van der Waals surface area contributed by atoms with Crippen LogP contribution in [0.2, 0.25) is 0 Å². The summed E-state index contributed by atoms with van der Waals surface area (Å²) in [7, 11) is -3.86. The molecule has 1 aliphatic heterocycles. The maximum absolute atomic E-state index is 13.0. The van der Waals surface area contributed by atoms with E-state index in [4.69, 9.17) is 10.4 Å². The van der Waals surface area contributed by atoms with E-state index in [1.165, 1.54) is 28.6 Å². The Bertz CT molecular complexity index is 947. The fourth-order valence-corrected chi connectivity index (χ4v) is 4.51. The number of benzene rings is 2. The molecule has 2 aromatic rings. The lowest BCUT2D eigenvalue weighted by Crippen LogP contribution is -2.30. The molecule has 2 aromatic carbocycles. The topological polar surface area (TPSA) is 98.5 Å². The second-order valence-corrected chi connectivity index (χ2v) is 7.39. The number of hydrogen-bond donors (Lipinski definition) is 1. The Morgan fingerprint density at radius 1 is 1.25 bits per heavy atom. The molecule has 1 heterocycles. The molecule has 0 unspecified atom stereocenters. The fourth-order valence-electron chi connectivity index (χ4n) is 2.92. The van der Waals surface area contributed by atoms with Crippen molar-refractivity contribution in [1.29, 1.82) is 5.26 Å². The first-order chi connectivity index (χ1) is 11.4. The summed E-state index contributed by atoms with van der Waals surface area (Å²) in [4.78, 5) is 11.1. The molecule has 1 aliphatic rings. The summed E-state index contributed by atoms with van der Waals surface area (Å²) in [6, 6.07) is 14.6. The summed E-state index contributed by atoms with van der Waals surface area (Å²) in [6.45, 7) is 0.0742. The molecule has 0 saturated carbocycles. The zero-order valence-electron chi connectivity index (χ0n) is 12.6. The van der Waals surface area contributed by atoms with Gasteiger partial charge < -0.3 is 5.11 Å². The van der Waals surface area contributed by atoms with Gasteiger partial charge >= 0.3 is 5.97 Å². The molecule has 1 N–H and O–H groups in total. The Kier molecular flexibility index (Phi) is 3.99. The average molecular weight is 342 g/mol. The monoisotopic (exact) mass is 342 g/mol. The summed E-state index contributed by atoms with van der Waals surface area (Å²) in [5.41, 5.74) is 1.46. The van der Waals surface area contributed by atoms with Crippen LogP contribution in [-0.2, 0) is 14.8 Å². The second kappa shape index (κ2) is 5.98. The Morgan fingerprint density at radius 3 is 2.71 bits per heavy atom. The van der Waals surface area contributed by atoms with E-state index in [1.54, 1.807) is 24.3 Å². The molecule has 0 fully saturated rings. The van der Waals surface area contributed by atoms with E-state index in [0.717, 1.165) is 0 Å². The number of carboxylic acids is 1. The number of rotatable bonds is 4. The molecule has 0 spiro atoms. The Morgan fingerprint density at radius 2 is 2.00 bits per heavy atom. The van der Waals surface area contributed by atoms with Crippen molar-refractivity contribution in [2.75, 3.05) is 10.8 Å². The van der Waals surface area contributed by atoms with E-state index in [9.17, 15) is 13.2 Å². The van der Waals surface area contributed by atoms with E-state index in [1.807, 2.05) is 6.07 Å². The molecule has 0 saturated heterocycles. The van der Waals surface area contributed by atoms with Crippen LogP contribution >= 0.6 is 0 Å². The van der Waals surface area contributed by atoms with Gasteiger partial charge in [0.2, 0.25) is 0 Å². The summed E-state index contributed by atoms with van der Waals surface area (Å²) in [6.07, 6.45) is -0.138. The molecule has 6 nitrogen and oxygen atoms in total. The van der Waals surface area contributed by atoms with E-state index in [0.29, 0.717) is 11.3 Å². The predicted octanol–water partition coefficient (Wildman–Crippen LogP) is 2.33. The number of carbonyl (C=O) groups is 1. The molecule has 7 heteroatoms. The number of nitriles is 1. The van der Waals surface area contributed by atoms with Crippen LogP contribution in [-0.4, -0.2) is 26.0 Å². The van der Waals surface area contributed by atoms with Gasteiger partial charge in [0.1, 0.15) is 0 Å². The van der Waals surface area contributed by atoms with Gasteiger partial charge in [-0.05, 0) is 29.8 Å². The van der Waals surface area contributed by atoms with Crippen LogP contribution < -0.4 is 4.31 Å². The minimum atomic E-state index is -3.86. The van der Waals surface area contributed by atoms with Gasteiger partial charge in [-0.2, -0.15) is 5.26 Å². The van der Waals surface area contributed by atoms with Crippen molar-refractivity contribution in [3.05, 3.63) is 59.7 Å². The van der Waals surface area contributed by atoms with Gasteiger partial charge in [0.15, 0.2) is 0 Å². The maximum Gasteiger partial charge on any atom is 0.304 e. The number of carboxylic acid groups (broad SMARTS) is 1. The van der Waals surface area contributed by atoms with Crippen LogP contribution in [0.3, 0.4) is 0 Å². The molecule has 3 rings (SSSR count). The van der Waals surface area contributed by atoms with Crippen LogP contribution in [0.4, 0.5) is 5.69 Å². The van der Waals surface area contributed by atoms with Gasteiger partial charge in [-0.25, -0.2) is 8.42 Å². The van der Waals surface area contributed by atoms with Crippen molar-refractivity contribution in [2.24, 2.45) is 0 Å². The standard InChI is InChI=1S/C17H14N2O4S/c18-10-12-4-3-5-14(8-12)24(22,23)19-11-13(9-17(20)21)15-6-1-2-7-16(15)19/h1-8,13H,9,11H2,(H,20,21)/t13-/m0/s1. The smallest absolute Gasteiger partial charge is 0.304 e.